The van der Waals surface area contributed by atoms with Gasteiger partial charge < -0.3 is 10.3 Å². The molecule has 0 aliphatic heterocycles. The van der Waals surface area contributed by atoms with Crippen molar-refractivity contribution in [3.63, 3.8) is 0 Å². The van der Waals surface area contributed by atoms with Crippen molar-refractivity contribution >= 4 is 27.6 Å². The van der Waals surface area contributed by atoms with Crippen LogP contribution in [0.4, 0.5) is 5.69 Å². The summed E-state index contributed by atoms with van der Waals surface area (Å²) in [6.07, 6.45) is 14.6. The van der Waals surface area contributed by atoms with Gasteiger partial charge in [-0.3, -0.25) is 20.1 Å². The number of H-pyrrole nitrogens is 2. The molecule has 0 bridgehead atoms. The second-order valence-electron chi connectivity index (χ2n) is 9.47. The molecular weight excluding hydrogens is 460 g/mol. The number of nitrogens with one attached hydrogen (secondary N) is 3. The van der Waals surface area contributed by atoms with Crippen LogP contribution >= 0.6 is 0 Å². The van der Waals surface area contributed by atoms with Crippen molar-refractivity contribution in [1.29, 1.82) is 0 Å². The molecule has 6 aromatic rings. The van der Waals surface area contributed by atoms with Crippen molar-refractivity contribution in [3.8, 4) is 33.8 Å². The van der Waals surface area contributed by atoms with E-state index in [9.17, 15) is 0 Å². The number of hydrogen-bond acceptors (Lipinski definition) is 6. The van der Waals surface area contributed by atoms with Crippen LogP contribution in [0.3, 0.4) is 0 Å². The fourth-order valence-corrected chi connectivity index (χ4v) is 4.91. The van der Waals surface area contributed by atoms with Crippen LogP contribution in [0.25, 0.3) is 55.7 Å². The van der Waals surface area contributed by atoms with Gasteiger partial charge in [0, 0.05) is 46.8 Å². The Balaban J connectivity index is 1.26. The molecule has 0 atom stereocenters. The van der Waals surface area contributed by atoms with Gasteiger partial charge in [0.15, 0.2) is 0 Å². The van der Waals surface area contributed by atoms with Gasteiger partial charge in [0.25, 0.3) is 0 Å². The molecule has 6 heterocycles. The third kappa shape index (κ3) is 3.83. The molecule has 0 amide bonds. The normalized spacial score (nSPS) is 13.6. The van der Waals surface area contributed by atoms with Crippen LogP contribution in [0, 0.1) is 5.92 Å². The number of allylic oxidation sites excluding steroid dienone is 1. The number of rotatable bonds is 6. The van der Waals surface area contributed by atoms with Gasteiger partial charge in [-0.15, -0.1) is 0 Å². The maximum Gasteiger partial charge on any atom is 0.138 e. The molecule has 37 heavy (non-hydrogen) atoms. The van der Waals surface area contributed by atoms with Crippen LogP contribution in [-0.4, -0.2) is 35.1 Å². The second-order valence-corrected chi connectivity index (χ2v) is 9.47. The molecule has 1 saturated carbocycles. The Labute approximate surface area is 212 Å². The van der Waals surface area contributed by atoms with Gasteiger partial charge in [-0.25, -0.2) is 4.98 Å². The van der Waals surface area contributed by atoms with Crippen LogP contribution < -0.4 is 5.32 Å². The van der Waals surface area contributed by atoms with Crippen LogP contribution in [0.5, 0.6) is 0 Å². The first-order valence-corrected chi connectivity index (χ1v) is 12.4. The second kappa shape index (κ2) is 8.67. The highest BCUT2D eigenvalue weighted by Crippen LogP contribution is 2.35. The minimum absolute atomic E-state index is 0.552. The van der Waals surface area contributed by atoms with E-state index in [-0.39, 0.29) is 0 Å². The smallest absolute Gasteiger partial charge is 0.138 e. The zero-order chi connectivity index (χ0) is 24.8. The van der Waals surface area contributed by atoms with E-state index in [0.717, 1.165) is 67.1 Å². The molecule has 0 saturated heterocycles. The third-order valence-corrected chi connectivity index (χ3v) is 7.16. The highest BCUT2D eigenvalue weighted by atomic mass is 15.1. The SMILES string of the molecule is C=C(Nc1cncc(-c2cc3c(-c4cc5c(-c6ccncc6)ccnc5[nH]4)n[nH]c3cn2)c1)C1CCC1. The van der Waals surface area contributed by atoms with Gasteiger partial charge in [0.1, 0.15) is 11.3 Å². The number of nitrogens with zero attached hydrogens (tertiary/aromatic N) is 5. The average molecular weight is 485 g/mol. The van der Waals surface area contributed by atoms with Crippen molar-refractivity contribution in [1.82, 2.24) is 35.1 Å². The van der Waals surface area contributed by atoms with Gasteiger partial charge >= 0.3 is 0 Å². The number of aromatic amines is 2. The molecular formula is C29H24N8. The summed E-state index contributed by atoms with van der Waals surface area (Å²) in [5, 5.41) is 13.2. The van der Waals surface area contributed by atoms with E-state index >= 15 is 0 Å². The number of anilines is 1. The first kappa shape index (κ1) is 21.4. The van der Waals surface area contributed by atoms with Crippen molar-refractivity contribution in [2.24, 2.45) is 5.92 Å². The minimum Gasteiger partial charge on any atom is -0.358 e. The summed E-state index contributed by atoms with van der Waals surface area (Å²) in [6.45, 7) is 4.22. The molecule has 3 N–H and O–H groups in total. The number of hydrogen-bond donors (Lipinski definition) is 3. The molecule has 0 unspecified atom stereocenters. The quantitative estimate of drug-likeness (QED) is 0.254. The zero-order valence-corrected chi connectivity index (χ0v) is 20.1. The van der Waals surface area contributed by atoms with Gasteiger partial charge in [-0.05, 0) is 66.3 Å². The highest BCUT2D eigenvalue weighted by Gasteiger charge is 2.21. The lowest BCUT2D eigenvalue weighted by molar-refractivity contribution is 0.371. The lowest BCUT2D eigenvalue weighted by Crippen LogP contribution is -2.18. The summed E-state index contributed by atoms with van der Waals surface area (Å²) < 4.78 is 0. The third-order valence-electron chi connectivity index (χ3n) is 7.16. The van der Waals surface area contributed by atoms with Gasteiger partial charge in [0.05, 0.1) is 35.0 Å². The molecule has 8 heteroatoms. The predicted octanol–water partition coefficient (Wildman–Crippen LogP) is 6.35. The summed E-state index contributed by atoms with van der Waals surface area (Å²) in [7, 11) is 0. The Morgan fingerprint density at radius 3 is 2.62 bits per heavy atom. The zero-order valence-electron chi connectivity index (χ0n) is 20.1. The Morgan fingerprint density at radius 1 is 0.892 bits per heavy atom. The minimum atomic E-state index is 0.552. The van der Waals surface area contributed by atoms with Crippen LogP contribution in [0.15, 0.2) is 85.9 Å². The molecule has 180 valence electrons. The molecule has 6 aromatic heterocycles. The molecule has 1 aliphatic rings. The van der Waals surface area contributed by atoms with E-state index < -0.39 is 0 Å². The van der Waals surface area contributed by atoms with Crippen molar-refractivity contribution in [2.45, 2.75) is 19.3 Å². The Kier molecular flexibility index (Phi) is 5.02. The number of fused-ring (bicyclic) bond motifs is 2. The van der Waals surface area contributed by atoms with E-state index in [1.54, 1.807) is 12.4 Å². The highest BCUT2D eigenvalue weighted by molar-refractivity contribution is 6.00. The van der Waals surface area contributed by atoms with E-state index in [1.165, 1.54) is 19.3 Å². The average Bonchev–Trinajstić information content (AvgIpc) is 3.52. The molecule has 8 nitrogen and oxygen atoms in total. The standard InChI is InChI=1S/C29H24N8/c1-17(18-3-2-4-18)34-21-11-20(14-31-15-21)25-13-24-27(16-33-25)36-37-28(24)26-12-23-22(7-10-32-29(23)35-26)19-5-8-30-9-6-19/h5-16,18,34H,1-4H2,(H,32,35)(H,36,37). The maximum atomic E-state index is 4.67. The summed E-state index contributed by atoms with van der Waals surface area (Å²) >= 11 is 0. The Hall–Kier alpha value is -4.85. The summed E-state index contributed by atoms with van der Waals surface area (Å²) in [6, 6.07) is 12.3. The molecule has 0 radical (unpaired) electrons. The predicted molar refractivity (Wildman–Crippen MR) is 146 cm³/mol. The van der Waals surface area contributed by atoms with E-state index in [4.69, 9.17) is 0 Å². The van der Waals surface area contributed by atoms with Crippen LogP contribution in [0.1, 0.15) is 19.3 Å². The Morgan fingerprint density at radius 2 is 1.78 bits per heavy atom. The van der Waals surface area contributed by atoms with Crippen molar-refractivity contribution in [3.05, 3.63) is 85.9 Å². The fourth-order valence-electron chi connectivity index (χ4n) is 4.91. The van der Waals surface area contributed by atoms with E-state index in [0.29, 0.717) is 5.92 Å². The van der Waals surface area contributed by atoms with Crippen LogP contribution in [0.2, 0.25) is 0 Å². The summed E-state index contributed by atoms with van der Waals surface area (Å²) in [5.41, 5.74) is 9.30. The maximum absolute atomic E-state index is 4.67. The lowest BCUT2D eigenvalue weighted by Gasteiger charge is -2.28. The van der Waals surface area contributed by atoms with Crippen molar-refractivity contribution < 1.29 is 0 Å². The number of pyridine rings is 4. The van der Waals surface area contributed by atoms with Gasteiger partial charge in [-0.1, -0.05) is 13.0 Å². The van der Waals surface area contributed by atoms with Crippen LogP contribution in [-0.2, 0) is 0 Å². The first-order valence-electron chi connectivity index (χ1n) is 12.4. The fraction of sp³-hybridized carbons (Fsp3) is 0.138. The molecule has 0 aromatic carbocycles. The molecule has 1 aliphatic carbocycles. The Bertz CT molecular complexity index is 1760. The topological polar surface area (TPSA) is 108 Å². The largest absolute Gasteiger partial charge is 0.358 e. The number of aromatic nitrogens is 7. The van der Waals surface area contributed by atoms with Gasteiger partial charge in [0.2, 0.25) is 0 Å². The lowest BCUT2D eigenvalue weighted by atomic mass is 9.83. The van der Waals surface area contributed by atoms with Crippen molar-refractivity contribution in [2.75, 3.05) is 5.32 Å². The van der Waals surface area contributed by atoms with Gasteiger partial charge in [-0.2, -0.15) is 5.10 Å². The summed E-state index contributed by atoms with van der Waals surface area (Å²) in [5.74, 6) is 0.552. The molecule has 7 rings (SSSR count). The summed E-state index contributed by atoms with van der Waals surface area (Å²) in [4.78, 5) is 21.3. The monoisotopic (exact) mass is 484 g/mol. The first-order chi connectivity index (χ1) is 18.2. The van der Waals surface area contributed by atoms with E-state index in [1.807, 2.05) is 43.0 Å². The molecule has 1 fully saturated rings. The van der Waals surface area contributed by atoms with E-state index in [2.05, 4.69) is 65.2 Å². The molecule has 0 spiro atoms.